The fourth-order valence-electron chi connectivity index (χ4n) is 2.17. The standard InChI is InChI=1S/C13H22N6O2/c1-14-11-16-12(15-7-6-10(20)21-2)18-13(17-11)19-8-4-3-5-9-19/h3-9H2,1-2H3,(H2,14,15,16,17,18). The van der Waals surface area contributed by atoms with Crippen molar-refractivity contribution in [2.24, 2.45) is 0 Å². The van der Waals surface area contributed by atoms with E-state index >= 15 is 0 Å². The number of carbonyl (C=O) groups excluding carboxylic acids is 1. The van der Waals surface area contributed by atoms with Crippen molar-refractivity contribution in [3.05, 3.63) is 0 Å². The molecule has 0 bridgehead atoms. The number of hydrogen-bond acceptors (Lipinski definition) is 8. The molecule has 0 aromatic carbocycles. The predicted molar refractivity (Wildman–Crippen MR) is 80.6 cm³/mol. The Morgan fingerprint density at radius 1 is 1.19 bits per heavy atom. The molecule has 2 heterocycles. The second kappa shape index (κ2) is 7.61. The van der Waals surface area contributed by atoms with Crippen molar-refractivity contribution in [2.75, 3.05) is 49.3 Å². The lowest BCUT2D eigenvalue weighted by atomic mass is 10.1. The Balaban J connectivity index is 2.04. The number of anilines is 3. The number of hydrogen-bond donors (Lipinski definition) is 2. The molecule has 0 aliphatic carbocycles. The average Bonchev–Trinajstić information content (AvgIpc) is 2.55. The van der Waals surface area contributed by atoms with Gasteiger partial charge in [-0.25, -0.2) is 0 Å². The fourth-order valence-corrected chi connectivity index (χ4v) is 2.17. The minimum atomic E-state index is -0.262. The Morgan fingerprint density at radius 2 is 1.90 bits per heavy atom. The van der Waals surface area contributed by atoms with Gasteiger partial charge in [-0.15, -0.1) is 0 Å². The van der Waals surface area contributed by atoms with E-state index in [-0.39, 0.29) is 12.4 Å². The molecule has 0 amide bonds. The van der Waals surface area contributed by atoms with E-state index in [1.807, 2.05) is 0 Å². The normalized spacial score (nSPS) is 14.7. The molecular weight excluding hydrogens is 272 g/mol. The van der Waals surface area contributed by atoms with Gasteiger partial charge in [0.15, 0.2) is 0 Å². The second-order valence-electron chi connectivity index (χ2n) is 4.83. The van der Waals surface area contributed by atoms with E-state index in [4.69, 9.17) is 0 Å². The third kappa shape index (κ3) is 4.44. The van der Waals surface area contributed by atoms with Gasteiger partial charge in [0.1, 0.15) is 0 Å². The summed E-state index contributed by atoms with van der Waals surface area (Å²) in [6.45, 7) is 2.36. The zero-order valence-corrected chi connectivity index (χ0v) is 12.6. The van der Waals surface area contributed by atoms with Crippen molar-refractivity contribution < 1.29 is 9.53 Å². The molecule has 1 aliphatic heterocycles. The number of nitrogens with zero attached hydrogens (tertiary/aromatic N) is 4. The number of esters is 1. The molecule has 21 heavy (non-hydrogen) atoms. The van der Waals surface area contributed by atoms with Crippen LogP contribution in [0.4, 0.5) is 17.8 Å². The molecule has 0 saturated carbocycles. The van der Waals surface area contributed by atoms with Crippen molar-refractivity contribution in [3.8, 4) is 0 Å². The Bertz CT molecular complexity index is 476. The summed E-state index contributed by atoms with van der Waals surface area (Å²) in [6, 6.07) is 0. The number of aromatic nitrogens is 3. The molecule has 8 heteroatoms. The van der Waals surface area contributed by atoms with Crippen LogP contribution in [0, 0.1) is 0 Å². The number of ether oxygens (including phenoxy) is 1. The van der Waals surface area contributed by atoms with Crippen LogP contribution in [0.15, 0.2) is 0 Å². The maximum absolute atomic E-state index is 11.1. The molecule has 1 aliphatic rings. The van der Waals surface area contributed by atoms with Crippen LogP contribution in [0.3, 0.4) is 0 Å². The first-order valence-electron chi connectivity index (χ1n) is 7.22. The van der Waals surface area contributed by atoms with Gasteiger partial charge in [-0.1, -0.05) is 0 Å². The molecule has 1 aromatic heterocycles. The first kappa shape index (κ1) is 15.3. The Kier molecular flexibility index (Phi) is 5.53. The number of nitrogens with one attached hydrogen (secondary N) is 2. The maximum atomic E-state index is 11.1. The quantitative estimate of drug-likeness (QED) is 0.747. The summed E-state index contributed by atoms with van der Waals surface area (Å²) in [5, 5.41) is 5.97. The average molecular weight is 294 g/mol. The summed E-state index contributed by atoms with van der Waals surface area (Å²) >= 11 is 0. The number of carbonyl (C=O) groups is 1. The highest BCUT2D eigenvalue weighted by molar-refractivity contribution is 5.69. The molecule has 2 rings (SSSR count). The van der Waals surface area contributed by atoms with E-state index in [0.29, 0.717) is 24.4 Å². The second-order valence-corrected chi connectivity index (χ2v) is 4.83. The van der Waals surface area contributed by atoms with Crippen LogP contribution in [0.1, 0.15) is 25.7 Å². The highest BCUT2D eigenvalue weighted by Gasteiger charge is 2.16. The molecule has 1 fully saturated rings. The lowest BCUT2D eigenvalue weighted by molar-refractivity contribution is -0.140. The molecule has 116 valence electrons. The third-order valence-electron chi connectivity index (χ3n) is 3.33. The first-order chi connectivity index (χ1) is 10.2. The molecule has 8 nitrogen and oxygen atoms in total. The van der Waals surface area contributed by atoms with E-state index in [1.54, 1.807) is 7.05 Å². The van der Waals surface area contributed by atoms with Crippen molar-refractivity contribution in [1.29, 1.82) is 0 Å². The van der Waals surface area contributed by atoms with Crippen LogP contribution in [0.25, 0.3) is 0 Å². The van der Waals surface area contributed by atoms with Gasteiger partial charge in [-0.2, -0.15) is 15.0 Å². The smallest absolute Gasteiger partial charge is 0.307 e. The largest absolute Gasteiger partial charge is 0.469 e. The minimum Gasteiger partial charge on any atom is -0.469 e. The first-order valence-corrected chi connectivity index (χ1v) is 7.22. The Labute approximate surface area is 124 Å². The summed E-state index contributed by atoms with van der Waals surface area (Å²) in [5.74, 6) is 1.40. The van der Waals surface area contributed by atoms with E-state index in [9.17, 15) is 4.79 Å². The molecular formula is C13H22N6O2. The van der Waals surface area contributed by atoms with Crippen LogP contribution in [-0.2, 0) is 9.53 Å². The highest BCUT2D eigenvalue weighted by atomic mass is 16.5. The lowest BCUT2D eigenvalue weighted by Gasteiger charge is -2.26. The number of piperidine rings is 1. The van der Waals surface area contributed by atoms with Gasteiger partial charge in [0.25, 0.3) is 0 Å². The van der Waals surface area contributed by atoms with Crippen LogP contribution in [-0.4, -0.2) is 54.7 Å². The predicted octanol–water partition coefficient (Wildman–Crippen LogP) is 0.879. The van der Waals surface area contributed by atoms with Crippen LogP contribution < -0.4 is 15.5 Å². The van der Waals surface area contributed by atoms with Gasteiger partial charge in [0, 0.05) is 26.7 Å². The zero-order valence-electron chi connectivity index (χ0n) is 12.6. The highest BCUT2D eigenvalue weighted by Crippen LogP contribution is 2.18. The van der Waals surface area contributed by atoms with E-state index < -0.39 is 0 Å². The topological polar surface area (TPSA) is 92.3 Å². The number of methoxy groups -OCH3 is 1. The molecule has 0 spiro atoms. The maximum Gasteiger partial charge on any atom is 0.307 e. The molecule has 0 atom stereocenters. The monoisotopic (exact) mass is 294 g/mol. The van der Waals surface area contributed by atoms with Crippen molar-refractivity contribution in [3.63, 3.8) is 0 Å². The molecule has 1 aromatic rings. The third-order valence-corrected chi connectivity index (χ3v) is 3.33. The van der Waals surface area contributed by atoms with Gasteiger partial charge < -0.3 is 20.3 Å². The van der Waals surface area contributed by atoms with Crippen molar-refractivity contribution >= 4 is 23.8 Å². The van der Waals surface area contributed by atoms with E-state index in [2.05, 4.69) is 35.2 Å². The number of rotatable bonds is 6. The summed E-state index contributed by atoms with van der Waals surface area (Å²) in [6.07, 6.45) is 3.85. The Morgan fingerprint density at radius 3 is 2.57 bits per heavy atom. The minimum absolute atomic E-state index is 0.262. The van der Waals surface area contributed by atoms with Crippen molar-refractivity contribution in [1.82, 2.24) is 15.0 Å². The molecule has 1 saturated heterocycles. The van der Waals surface area contributed by atoms with Gasteiger partial charge in [-0.05, 0) is 19.3 Å². The van der Waals surface area contributed by atoms with E-state index in [0.717, 1.165) is 25.9 Å². The molecule has 0 radical (unpaired) electrons. The molecule has 0 unspecified atom stereocenters. The van der Waals surface area contributed by atoms with Crippen molar-refractivity contribution in [2.45, 2.75) is 25.7 Å². The van der Waals surface area contributed by atoms with Crippen LogP contribution in [0.2, 0.25) is 0 Å². The van der Waals surface area contributed by atoms with E-state index in [1.165, 1.54) is 13.5 Å². The molecule has 2 N–H and O–H groups in total. The Hall–Kier alpha value is -2.12. The van der Waals surface area contributed by atoms with Gasteiger partial charge >= 0.3 is 5.97 Å². The fraction of sp³-hybridized carbons (Fsp3) is 0.692. The van der Waals surface area contributed by atoms with Gasteiger partial charge in [0.05, 0.1) is 13.5 Å². The van der Waals surface area contributed by atoms with Crippen LogP contribution in [0.5, 0.6) is 0 Å². The van der Waals surface area contributed by atoms with Crippen LogP contribution >= 0.6 is 0 Å². The SMILES string of the molecule is CNc1nc(NCCC(=O)OC)nc(N2CCCCC2)n1. The van der Waals surface area contributed by atoms with Gasteiger partial charge in [-0.3, -0.25) is 4.79 Å². The zero-order chi connectivity index (χ0) is 15.1. The summed E-state index contributed by atoms with van der Waals surface area (Å²) in [5.41, 5.74) is 0. The lowest BCUT2D eigenvalue weighted by Crippen LogP contribution is -2.31. The van der Waals surface area contributed by atoms with Gasteiger partial charge in [0.2, 0.25) is 17.8 Å². The summed E-state index contributed by atoms with van der Waals surface area (Å²) in [7, 11) is 3.15. The summed E-state index contributed by atoms with van der Waals surface area (Å²) < 4.78 is 4.60. The summed E-state index contributed by atoms with van der Waals surface area (Å²) in [4.78, 5) is 26.3.